The van der Waals surface area contributed by atoms with Crippen LogP contribution >= 0.6 is 0 Å². The molecule has 136 valence electrons. The predicted octanol–water partition coefficient (Wildman–Crippen LogP) is 0.346. The molecule has 0 aromatic carbocycles. The van der Waals surface area contributed by atoms with Gasteiger partial charge in [0.05, 0.1) is 13.2 Å². The fraction of sp³-hybridized carbons (Fsp3) is 0.882. The molecule has 3 fully saturated rings. The topological polar surface area (TPSA) is 79.1 Å². The Bertz CT molecular complexity index is 459. The highest BCUT2D eigenvalue weighted by Gasteiger charge is 2.40. The number of rotatable bonds is 3. The number of likely N-dealkylation sites (tertiary alicyclic amines) is 2. The van der Waals surface area contributed by atoms with Crippen LogP contribution < -0.4 is 5.73 Å². The SMILES string of the molecule is CC[C@@H]1CN(C(=O)C2CCN(C(N)=O)CC2)C[C@H]1N1CCOCC1. The van der Waals surface area contributed by atoms with Crippen LogP contribution in [-0.2, 0) is 9.53 Å². The van der Waals surface area contributed by atoms with Crippen molar-refractivity contribution in [2.75, 3.05) is 52.5 Å². The second kappa shape index (κ2) is 7.70. The molecule has 0 aromatic rings. The van der Waals surface area contributed by atoms with Crippen LogP contribution in [0.4, 0.5) is 4.79 Å². The van der Waals surface area contributed by atoms with Gasteiger partial charge in [0, 0.05) is 51.2 Å². The number of nitrogens with zero attached hydrogens (tertiary/aromatic N) is 3. The lowest BCUT2D eigenvalue weighted by atomic mass is 9.95. The summed E-state index contributed by atoms with van der Waals surface area (Å²) in [6.45, 7) is 8.67. The number of amides is 3. The van der Waals surface area contributed by atoms with Gasteiger partial charge in [0.15, 0.2) is 0 Å². The normalized spacial score (nSPS) is 29.9. The van der Waals surface area contributed by atoms with Crippen LogP contribution in [0.25, 0.3) is 0 Å². The Morgan fingerprint density at radius 2 is 1.71 bits per heavy atom. The number of hydrogen-bond acceptors (Lipinski definition) is 4. The average Bonchev–Trinajstić information content (AvgIpc) is 3.06. The lowest BCUT2D eigenvalue weighted by molar-refractivity contribution is -0.136. The maximum atomic E-state index is 12.9. The summed E-state index contributed by atoms with van der Waals surface area (Å²) in [5.74, 6) is 0.868. The van der Waals surface area contributed by atoms with Crippen molar-refractivity contribution in [3.05, 3.63) is 0 Å². The van der Waals surface area contributed by atoms with Crippen molar-refractivity contribution in [1.82, 2.24) is 14.7 Å². The van der Waals surface area contributed by atoms with Crippen molar-refractivity contribution in [1.29, 1.82) is 0 Å². The maximum absolute atomic E-state index is 12.9. The van der Waals surface area contributed by atoms with Crippen LogP contribution in [0.2, 0.25) is 0 Å². The van der Waals surface area contributed by atoms with Crippen LogP contribution in [0.3, 0.4) is 0 Å². The molecular weight excluding hydrogens is 308 g/mol. The fourth-order valence-corrected chi connectivity index (χ4v) is 4.36. The summed E-state index contributed by atoms with van der Waals surface area (Å²) >= 11 is 0. The molecule has 3 heterocycles. The molecule has 0 aromatic heterocycles. The Morgan fingerprint density at radius 1 is 1.04 bits per heavy atom. The van der Waals surface area contributed by atoms with E-state index in [-0.39, 0.29) is 17.9 Å². The first-order valence-electron chi connectivity index (χ1n) is 9.25. The molecule has 3 aliphatic rings. The Balaban J connectivity index is 1.57. The summed E-state index contributed by atoms with van der Waals surface area (Å²) in [6.07, 6.45) is 2.57. The first-order valence-corrected chi connectivity index (χ1v) is 9.25. The van der Waals surface area contributed by atoms with E-state index in [9.17, 15) is 9.59 Å². The van der Waals surface area contributed by atoms with Crippen molar-refractivity contribution < 1.29 is 14.3 Å². The van der Waals surface area contributed by atoms with Crippen molar-refractivity contribution in [2.24, 2.45) is 17.6 Å². The minimum absolute atomic E-state index is 0.0431. The van der Waals surface area contributed by atoms with E-state index in [2.05, 4.69) is 16.7 Å². The molecule has 2 N–H and O–H groups in total. The molecule has 7 nitrogen and oxygen atoms in total. The van der Waals surface area contributed by atoms with Crippen LogP contribution in [0, 0.1) is 11.8 Å². The fourth-order valence-electron chi connectivity index (χ4n) is 4.36. The Hall–Kier alpha value is -1.34. The van der Waals surface area contributed by atoms with Crippen molar-refractivity contribution in [3.63, 3.8) is 0 Å². The summed E-state index contributed by atoms with van der Waals surface area (Å²) in [7, 11) is 0. The van der Waals surface area contributed by atoms with Crippen LogP contribution in [-0.4, -0.2) is 85.2 Å². The molecule has 7 heteroatoms. The van der Waals surface area contributed by atoms with E-state index in [0.29, 0.717) is 25.0 Å². The number of primary amides is 1. The van der Waals surface area contributed by atoms with Crippen molar-refractivity contribution >= 4 is 11.9 Å². The lowest BCUT2D eigenvalue weighted by Crippen LogP contribution is -2.48. The molecule has 2 atom stereocenters. The first kappa shape index (κ1) is 17.5. The highest BCUT2D eigenvalue weighted by atomic mass is 16.5. The summed E-state index contributed by atoms with van der Waals surface area (Å²) in [5.41, 5.74) is 5.32. The Morgan fingerprint density at radius 3 is 2.29 bits per heavy atom. The quantitative estimate of drug-likeness (QED) is 0.805. The molecule has 24 heavy (non-hydrogen) atoms. The number of ether oxygens (including phenoxy) is 1. The van der Waals surface area contributed by atoms with Gasteiger partial charge < -0.3 is 20.3 Å². The van der Waals surface area contributed by atoms with Crippen LogP contribution in [0.5, 0.6) is 0 Å². The van der Waals surface area contributed by atoms with E-state index < -0.39 is 0 Å². The van der Waals surface area contributed by atoms with Crippen LogP contribution in [0.15, 0.2) is 0 Å². The first-order chi connectivity index (χ1) is 11.6. The summed E-state index contributed by atoms with van der Waals surface area (Å²) in [6, 6.07) is 0.0917. The van der Waals surface area contributed by atoms with Gasteiger partial charge in [0.2, 0.25) is 5.91 Å². The van der Waals surface area contributed by atoms with Gasteiger partial charge in [-0.25, -0.2) is 4.79 Å². The molecule has 3 amide bonds. The molecule has 3 aliphatic heterocycles. The van der Waals surface area contributed by atoms with Gasteiger partial charge in [-0.05, 0) is 18.8 Å². The third-order valence-corrected chi connectivity index (χ3v) is 5.91. The monoisotopic (exact) mass is 338 g/mol. The molecule has 3 saturated heterocycles. The Labute approximate surface area is 144 Å². The molecule has 0 aliphatic carbocycles. The van der Waals surface area contributed by atoms with E-state index in [1.165, 1.54) is 0 Å². The number of carbonyl (C=O) groups excluding carboxylic acids is 2. The predicted molar refractivity (Wildman–Crippen MR) is 90.4 cm³/mol. The second-order valence-electron chi connectivity index (χ2n) is 7.23. The maximum Gasteiger partial charge on any atom is 0.314 e. The highest BCUT2D eigenvalue weighted by molar-refractivity contribution is 5.80. The highest BCUT2D eigenvalue weighted by Crippen LogP contribution is 2.29. The average molecular weight is 338 g/mol. The van der Waals surface area contributed by atoms with E-state index in [0.717, 1.165) is 58.7 Å². The zero-order valence-electron chi connectivity index (χ0n) is 14.7. The van der Waals surface area contributed by atoms with E-state index in [1.807, 2.05) is 0 Å². The lowest BCUT2D eigenvalue weighted by Gasteiger charge is -2.35. The molecule has 3 rings (SSSR count). The smallest absolute Gasteiger partial charge is 0.314 e. The standard InChI is InChI=1S/C17H30N4O3/c1-2-13-11-21(12-15(13)19-7-9-24-10-8-19)16(22)14-3-5-20(6-4-14)17(18)23/h13-15H,2-12H2,1H3,(H2,18,23)/t13-,15-/m1/s1. The third kappa shape index (κ3) is 3.67. The number of morpholine rings is 1. The molecule has 0 saturated carbocycles. The molecule has 0 radical (unpaired) electrons. The van der Waals surface area contributed by atoms with Gasteiger partial charge in [0.1, 0.15) is 0 Å². The van der Waals surface area contributed by atoms with Crippen LogP contribution in [0.1, 0.15) is 26.2 Å². The largest absolute Gasteiger partial charge is 0.379 e. The van der Waals surface area contributed by atoms with Gasteiger partial charge in [-0.2, -0.15) is 0 Å². The molecule has 0 bridgehead atoms. The van der Waals surface area contributed by atoms with E-state index in [4.69, 9.17) is 10.5 Å². The molecule has 0 spiro atoms. The summed E-state index contributed by atoms with van der Waals surface area (Å²) < 4.78 is 5.46. The number of urea groups is 1. The number of piperidine rings is 1. The van der Waals surface area contributed by atoms with E-state index >= 15 is 0 Å². The van der Waals surface area contributed by atoms with Gasteiger partial charge in [-0.3, -0.25) is 9.69 Å². The second-order valence-corrected chi connectivity index (χ2v) is 7.23. The third-order valence-electron chi connectivity index (χ3n) is 5.91. The minimum atomic E-state index is -0.375. The summed E-state index contributed by atoms with van der Waals surface area (Å²) in [5, 5.41) is 0. The van der Waals surface area contributed by atoms with Gasteiger partial charge in [0.25, 0.3) is 0 Å². The summed E-state index contributed by atoms with van der Waals surface area (Å²) in [4.78, 5) is 30.3. The minimum Gasteiger partial charge on any atom is -0.379 e. The zero-order valence-corrected chi connectivity index (χ0v) is 14.7. The number of nitrogens with two attached hydrogens (primary N) is 1. The Kier molecular flexibility index (Phi) is 5.61. The van der Waals surface area contributed by atoms with Gasteiger partial charge in [-0.15, -0.1) is 0 Å². The molecule has 0 unspecified atom stereocenters. The number of hydrogen-bond donors (Lipinski definition) is 1. The van der Waals surface area contributed by atoms with Crippen molar-refractivity contribution in [2.45, 2.75) is 32.2 Å². The van der Waals surface area contributed by atoms with E-state index in [1.54, 1.807) is 4.90 Å². The number of carbonyl (C=O) groups is 2. The van der Waals surface area contributed by atoms with Crippen molar-refractivity contribution in [3.8, 4) is 0 Å². The zero-order chi connectivity index (χ0) is 17.1. The van der Waals surface area contributed by atoms with Gasteiger partial charge in [-0.1, -0.05) is 13.3 Å². The van der Waals surface area contributed by atoms with Gasteiger partial charge >= 0.3 is 6.03 Å². The molecular formula is C17H30N4O3.